The van der Waals surface area contributed by atoms with E-state index in [1.54, 1.807) is 0 Å². The fourth-order valence-corrected chi connectivity index (χ4v) is 5.51. The first-order valence-corrected chi connectivity index (χ1v) is 13.7. The minimum Gasteiger partial charge on any atom is -0.491 e. The van der Waals surface area contributed by atoms with Crippen LogP contribution >= 0.6 is 0 Å². The Morgan fingerprint density at radius 3 is 2.60 bits per heavy atom. The summed E-state index contributed by atoms with van der Waals surface area (Å²) in [6, 6.07) is 11.5. The SMILES string of the molecule is CCn1c2c(c3cc(C(=O)c4ccc(OCC5COC(C)(C)O5)cc4C)ccc31)C=C(/C(C)=N/OC(C)=O)CC2. The molecule has 1 unspecified atom stereocenters. The van der Waals surface area contributed by atoms with Crippen LogP contribution in [0.2, 0.25) is 0 Å². The van der Waals surface area contributed by atoms with E-state index in [1.807, 2.05) is 64.1 Å². The van der Waals surface area contributed by atoms with Gasteiger partial charge >= 0.3 is 5.97 Å². The summed E-state index contributed by atoms with van der Waals surface area (Å²) in [5.74, 6) is -0.383. The zero-order valence-electron chi connectivity index (χ0n) is 24.0. The highest BCUT2D eigenvalue weighted by atomic mass is 16.7. The molecule has 210 valence electrons. The van der Waals surface area contributed by atoms with Crippen molar-refractivity contribution in [2.45, 2.75) is 72.8 Å². The number of allylic oxidation sites excluding steroid dienone is 1. The second kappa shape index (κ2) is 11.0. The number of hydrogen-bond acceptors (Lipinski definition) is 7. The predicted octanol–water partition coefficient (Wildman–Crippen LogP) is 6.00. The summed E-state index contributed by atoms with van der Waals surface area (Å²) in [7, 11) is 0. The van der Waals surface area contributed by atoms with E-state index in [4.69, 9.17) is 19.0 Å². The maximum absolute atomic E-state index is 13.7. The normalized spacial score (nSPS) is 18.4. The quantitative estimate of drug-likeness (QED) is 0.150. The molecule has 3 aromatic rings. The highest BCUT2D eigenvalue weighted by Gasteiger charge is 2.33. The van der Waals surface area contributed by atoms with E-state index in [2.05, 4.69) is 22.7 Å². The Morgan fingerprint density at radius 2 is 1.93 bits per heavy atom. The average molecular weight is 545 g/mol. The Hall–Kier alpha value is -3.75. The summed E-state index contributed by atoms with van der Waals surface area (Å²) in [6.07, 6.45) is 3.63. The van der Waals surface area contributed by atoms with Crippen LogP contribution in [0.1, 0.15) is 73.8 Å². The molecule has 1 aliphatic heterocycles. The van der Waals surface area contributed by atoms with Gasteiger partial charge in [-0.15, -0.1) is 0 Å². The monoisotopic (exact) mass is 544 g/mol. The average Bonchev–Trinajstić information content (AvgIpc) is 3.45. The van der Waals surface area contributed by atoms with Gasteiger partial charge in [-0.05, 0) is 101 Å². The number of ether oxygens (including phenoxy) is 3. The standard InChI is InChI=1S/C32H36N2O6/c1-7-34-29-12-8-22(20(3)33-40-21(4)35)15-27(29)28-16-23(9-13-30(28)34)31(36)26-11-10-24(14-19(26)2)37-17-25-18-38-32(5,6)39-25/h9-11,13-16,25H,7-8,12,17-18H2,1-6H3/b33-20+. The van der Waals surface area contributed by atoms with Crippen LogP contribution in [-0.4, -0.2) is 47.1 Å². The third-order valence-electron chi connectivity index (χ3n) is 7.46. The van der Waals surface area contributed by atoms with E-state index >= 15 is 0 Å². The molecule has 0 saturated carbocycles. The summed E-state index contributed by atoms with van der Waals surface area (Å²) >= 11 is 0. The molecule has 1 fully saturated rings. The molecule has 2 aromatic carbocycles. The van der Waals surface area contributed by atoms with Crippen molar-refractivity contribution in [2.24, 2.45) is 5.16 Å². The lowest BCUT2D eigenvalue weighted by Gasteiger charge is -2.17. The van der Waals surface area contributed by atoms with Crippen LogP contribution in [-0.2, 0) is 32.1 Å². The highest BCUT2D eigenvalue weighted by Crippen LogP contribution is 2.35. The third kappa shape index (κ3) is 5.60. The molecule has 0 amide bonds. The first kappa shape index (κ1) is 27.8. The van der Waals surface area contributed by atoms with Gasteiger partial charge in [-0.3, -0.25) is 4.79 Å². The number of benzene rings is 2. The largest absolute Gasteiger partial charge is 0.491 e. The van der Waals surface area contributed by atoms with Crippen molar-refractivity contribution in [3.63, 3.8) is 0 Å². The van der Waals surface area contributed by atoms with Crippen molar-refractivity contribution < 1.29 is 28.6 Å². The molecule has 8 heteroatoms. The molecule has 2 heterocycles. The molecule has 8 nitrogen and oxygen atoms in total. The summed E-state index contributed by atoms with van der Waals surface area (Å²) in [5, 5.41) is 5.01. The van der Waals surface area contributed by atoms with E-state index in [1.165, 1.54) is 12.6 Å². The molecule has 2 aliphatic rings. The van der Waals surface area contributed by atoms with E-state index in [0.717, 1.165) is 47.0 Å². The van der Waals surface area contributed by atoms with Crippen LogP contribution in [0.15, 0.2) is 47.1 Å². The summed E-state index contributed by atoms with van der Waals surface area (Å²) in [5.41, 5.74) is 7.24. The summed E-state index contributed by atoms with van der Waals surface area (Å²) < 4.78 is 19.7. The fourth-order valence-electron chi connectivity index (χ4n) is 5.51. The van der Waals surface area contributed by atoms with E-state index < -0.39 is 11.8 Å². The lowest BCUT2D eigenvalue weighted by atomic mass is 9.92. The predicted molar refractivity (Wildman–Crippen MR) is 154 cm³/mol. The third-order valence-corrected chi connectivity index (χ3v) is 7.46. The smallest absolute Gasteiger partial charge is 0.331 e. The second-order valence-electron chi connectivity index (χ2n) is 10.8. The Kier molecular flexibility index (Phi) is 7.66. The molecule has 1 aromatic heterocycles. The van der Waals surface area contributed by atoms with Gasteiger partial charge < -0.3 is 23.6 Å². The van der Waals surface area contributed by atoms with Crippen LogP contribution in [0.3, 0.4) is 0 Å². The lowest BCUT2D eigenvalue weighted by Crippen LogP contribution is -2.25. The number of aryl methyl sites for hydroxylation is 2. The second-order valence-corrected chi connectivity index (χ2v) is 10.8. The molecule has 1 atom stereocenters. The van der Waals surface area contributed by atoms with Crippen LogP contribution in [0.4, 0.5) is 0 Å². The molecular formula is C32H36N2O6. The number of carbonyl (C=O) groups is 2. The number of aromatic nitrogens is 1. The van der Waals surface area contributed by atoms with E-state index in [0.29, 0.717) is 35.8 Å². The van der Waals surface area contributed by atoms with Gasteiger partial charge in [-0.25, -0.2) is 4.79 Å². The minimum absolute atomic E-state index is 0.0363. The maximum atomic E-state index is 13.7. The van der Waals surface area contributed by atoms with Crippen LogP contribution in [0, 0.1) is 6.92 Å². The zero-order valence-corrected chi connectivity index (χ0v) is 24.0. The number of nitrogens with zero attached hydrogens (tertiary/aromatic N) is 2. The number of hydrogen-bond donors (Lipinski definition) is 0. The minimum atomic E-state index is -0.591. The molecule has 0 N–H and O–H groups in total. The van der Waals surface area contributed by atoms with Gasteiger partial charge in [0.1, 0.15) is 18.5 Å². The van der Waals surface area contributed by atoms with Gasteiger partial charge in [-0.1, -0.05) is 5.16 Å². The highest BCUT2D eigenvalue weighted by molar-refractivity contribution is 6.12. The summed E-state index contributed by atoms with van der Waals surface area (Å²) in [6.45, 7) is 12.7. The van der Waals surface area contributed by atoms with Crippen LogP contribution in [0.25, 0.3) is 17.0 Å². The molecule has 1 saturated heterocycles. The first-order valence-electron chi connectivity index (χ1n) is 13.7. The molecular weight excluding hydrogens is 508 g/mol. The van der Waals surface area contributed by atoms with Gasteiger partial charge in [0, 0.05) is 46.8 Å². The van der Waals surface area contributed by atoms with Gasteiger partial charge in [0.05, 0.1) is 12.3 Å². The lowest BCUT2D eigenvalue weighted by molar-refractivity contribution is -0.141. The van der Waals surface area contributed by atoms with Crippen molar-refractivity contribution in [2.75, 3.05) is 13.2 Å². The number of fused-ring (bicyclic) bond motifs is 3. The van der Waals surface area contributed by atoms with Crippen molar-refractivity contribution in [3.8, 4) is 5.75 Å². The van der Waals surface area contributed by atoms with Crippen LogP contribution in [0.5, 0.6) is 5.75 Å². The maximum Gasteiger partial charge on any atom is 0.331 e. The Labute approximate surface area is 234 Å². The molecule has 0 bridgehead atoms. The summed E-state index contributed by atoms with van der Waals surface area (Å²) in [4.78, 5) is 29.7. The van der Waals surface area contributed by atoms with Crippen molar-refractivity contribution in [1.82, 2.24) is 4.57 Å². The first-order chi connectivity index (χ1) is 19.1. The molecule has 0 radical (unpaired) electrons. The fraction of sp³-hybridized carbons (Fsp3) is 0.406. The number of ketones is 1. The van der Waals surface area contributed by atoms with Gasteiger partial charge in [0.25, 0.3) is 0 Å². The van der Waals surface area contributed by atoms with Crippen LogP contribution < -0.4 is 4.74 Å². The zero-order chi connectivity index (χ0) is 28.6. The van der Waals surface area contributed by atoms with Crippen molar-refractivity contribution in [1.29, 1.82) is 0 Å². The van der Waals surface area contributed by atoms with Gasteiger partial charge in [0.2, 0.25) is 0 Å². The van der Waals surface area contributed by atoms with E-state index in [9.17, 15) is 9.59 Å². The molecule has 5 rings (SSSR count). The van der Waals surface area contributed by atoms with Gasteiger partial charge in [-0.2, -0.15) is 0 Å². The number of rotatable bonds is 8. The van der Waals surface area contributed by atoms with Crippen molar-refractivity contribution >= 4 is 34.4 Å². The molecule has 0 spiro atoms. The molecule has 40 heavy (non-hydrogen) atoms. The number of oxime groups is 1. The van der Waals surface area contributed by atoms with Gasteiger partial charge in [0.15, 0.2) is 11.6 Å². The Balaban J connectivity index is 1.41. The topological polar surface area (TPSA) is 88.3 Å². The van der Waals surface area contributed by atoms with E-state index in [-0.39, 0.29) is 11.9 Å². The van der Waals surface area contributed by atoms with Crippen molar-refractivity contribution in [3.05, 3.63) is 69.9 Å². The Bertz CT molecular complexity index is 1540. The number of carbonyl (C=O) groups excluding carboxylic acids is 2. The molecule has 1 aliphatic carbocycles. The Morgan fingerprint density at radius 1 is 1.12 bits per heavy atom.